The SMILES string of the molecule is [C-]#[N+]c1ccccc1-c1ccc(-c2nc(-c3ccccc3)nc(-c3cccc4c3sc3cccc(-c5nc(-c6ccccc6)nc(-c6ccccc6)n5)c34)n2)cc1. The number of hydrogen-bond acceptors (Lipinski definition) is 7. The number of hydrogen-bond donors (Lipinski definition) is 0. The van der Waals surface area contributed by atoms with Gasteiger partial charge in [-0.25, -0.2) is 34.7 Å². The first kappa shape index (κ1) is 33.8. The topological polar surface area (TPSA) is 81.7 Å². The van der Waals surface area contributed by atoms with Crippen LogP contribution >= 0.6 is 11.3 Å². The van der Waals surface area contributed by atoms with Gasteiger partial charge in [-0.05, 0) is 23.3 Å². The number of thiophene rings is 1. The van der Waals surface area contributed by atoms with Crippen molar-refractivity contribution in [1.82, 2.24) is 29.9 Å². The Bertz CT molecular complexity index is 3060. The maximum absolute atomic E-state index is 7.64. The van der Waals surface area contributed by atoms with Crippen LogP contribution in [-0.2, 0) is 0 Å². The summed E-state index contributed by atoms with van der Waals surface area (Å²) in [5.41, 5.74) is 7.89. The Morgan fingerprint density at radius 2 is 0.772 bits per heavy atom. The van der Waals surface area contributed by atoms with Crippen molar-refractivity contribution in [2.45, 2.75) is 0 Å². The summed E-state index contributed by atoms with van der Waals surface area (Å²) in [5, 5.41) is 2.13. The van der Waals surface area contributed by atoms with E-state index in [4.69, 9.17) is 36.5 Å². The summed E-state index contributed by atoms with van der Waals surface area (Å²) in [6.45, 7) is 7.64. The lowest BCUT2D eigenvalue weighted by Gasteiger charge is -2.10. The van der Waals surface area contributed by atoms with Crippen LogP contribution in [0.1, 0.15) is 0 Å². The van der Waals surface area contributed by atoms with Gasteiger partial charge < -0.3 is 0 Å². The fourth-order valence-electron chi connectivity index (χ4n) is 7.10. The van der Waals surface area contributed by atoms with Crippen LogP contribution in [0.25, 0.3) is 104 Å². The number of rotatable bonds is 7. The first-order chi connectivity index (χ1) is 28.2. The molecule has 7 aromatic carbocycles. The second kappa shape index (κ2) is 14.5. The van der Waals surface area contributed by atoms with Gasteiger partial charge >= 0.3 is 0 Å². The number of fused-ring (bicyclic) bond motifs is 3. The maximum atomic E-state index is 7.64. The molecule has 10 rings (SSSR count). The van der Waals surface area contributed by atoms with Crippen molar-refractivity contribution >= 4 is 37.2 Å². The van der Waals surface area contributed by atoms with E-state index in [1.165, 1.54) is 0 Å². The van der Waals surface area contributed by atoms with E-state index in [-0.39, 0.29) is 0 Å². The van der Waals surface area contributed by atoms with Gasteiger partial charge in [-0.1, -0.05) is 164 Å². The molecule has 0 bridgehead atoms. The fraction of sp³-hybridized carbons (Fsp3) is 0. The minimum Gasteiger partial charge on any atom is -0.238 e. The molecule has 0 aliphatic rings. The van der Waals surface area contributed by atoms with Crippen LogP contribution in [-0.4, -0.2) is 29.9 Å². The molecule has 10 aromatic rings. The predicted molar refractivity (Wildman–Crippen MR) is 230 cm³/mol. The van der Waals surface area contributed by atoms with Gasteiger partial charge in [0.25, 0.3) is 0 Å². The number of benzene rings is 7. The first-order valence-corrected chi connectivity index (χ1v) is 19.2. The summed E-state index contributed by atoms with van der Waals surface area (Å²) in [7, 11) is 0. The van der Waals surface area contributed by atoms with E-state index in [9.17, 15) is 0 Å². The molecule has 0 radical (unpaired) electrons. The minimum atomic E-state index is 0.565. The zero-order valence-electron chi connectivity index (χ0n) is 30.3. The predicted octanol–water partition coefficient (Wildman–Crippen LogP) is 12.6. The molecule has 266 valence electrons. The highest BCUT2D eigenvalue weighted by atomic mass is 32.1. The van der Waals surface area contributed by atoms with Crippen molar-refractivity contribution in [1.29, 1.82) is 0 Å². The highest BCUT2D eigenvalue weighted by Crippen LogP contribution is 2.43. The summed E-state index contributed by atoms with van der Waals surface area (Å²) in [6, 6.07) is 58.4. The van der Waals surface area contributed by atoms with Crippen molar-refractivity contribution in [3.8, 4) is 79.5 Å². The van der Waals surface area contributed by atoms with Crippen LogP contribution in [0.2, 0.25) is 0 Å². The Morgan fingerprint density at radius 3 is 1.33 bits per heavy atom. The fourth-order valence-corrected chi connectivity index (χ4v) is 8.33. The van der Waals surface area contributed by atoms with E-state index in [1.807, 2.05) is 140 Å². The molecule has 0 fully saturated rings. The highest BCUT2D eigenvalue weighted by Gasteiger charge is 2.20. The van der Waals surface area contributed by atoms with Gasteiger partial charge in [0.15, 0.2) is 40.6 Å². The van der Waals surface area contributed by atoms with Gasteiger partial charge in [0.2, 0.25) is 0 Å². The lowest BCUT2D eigenvalue weighted by atomic mass is 10.0. The third-order valence-corrected chi connectivity index (χ3v) is 11.1. The zero-order valence-corrected chi connectivity index (χ0v) is 31.1. The van der Waals surface area contributed by atoms with E-state index < -0.39 is 0 Å². The first-order valence-electron chi connectivity index (χ1n) is 18.4. The largest absolute Gasteiger partial charge is 0.238 e. The molecule has 0 aliphatic carbocycles. The van der Waals surface area contributed by atoms with Crippen molar-refractivity contribution < 1.29 is 0 Å². The molecular weight excluding hydrogens is 719 g/mol. The molecule has 0 saturated heterocycles. The molecule has 0 aliphatic heterocycles. The summed E-state index contributed by atoms with van der Waals surface area (Å²) < 4.78 is 2.16. The third-order valence-electron chi connectivity index (χ3n) is 9.85. The van der Waals surface area contributed by atoms with Crippen LogP contribution in [0.3, 0.4) is 0 Å². The van der Waals surface area contributed by atoms with Gasteiger partial charge in [-0.15, -0.1) is 11.3 Å². The number of nitrogens with zero attached hydrogens (tertiary/aromatic N) is 7. The zero-order chi connectivity index (χ0) is 38.1. The van der Waals surface area contributed by atoms with Gasteiger partial charge in [0.1, 0.15) is 0 Å². The van der Waals surface area contributed by atoms with E-state index in [2.05, 4.69) is 41.2 Å². The lowest BCUT2D eigenvalue weighted by molar-refractivity contribution is 1.08. The third kappa shape index (κ3) is 6.38. The number of para-hydroxylation sites is 1. The van der Waals surface area contributed by atoms with E-state index in [0.717, 1.165) is 64.7 Å². The quantitative estimate of drug-likeness (QED) is 0.151. The normalized spacial score (nSPS) is 11.1. The van der Waals surface area contributed by atoms with E-state index in [0.29, 0.717) is 40.6 Å². The monoisotopic (exact) mass is 747 g/mol. The van der Waals surface area contributed by atoms with Crippen molar-refractivity contribution in [3.63, 3.8) is 0 Å². The van der Waals surface area contributed by atoms with Gasteiger partial charge in [-0.2, -0.15) is 0 Å². The van der Waals surface area contributed by atoms with Crippen molar-refractivity contribution in [2.24, 2.45) is 0 Å². The van der Waals surface area contributed by atoms with Gasteiger partial charge in [0, 0.05) is 53.6 Å². The molecule has 0 amide bonds. The van der Waals surface area contributed by atoms with Crippen LogP contribution in [0, 0.1) is 6.57 Å². The number of aromatic nitrogens is 6. The van der Waals surface area contributed by atoms with E-state index in [1.54, 1.807) is 11.3 Å². The van der Waals surface area contributed by atoms with Crippen molar-refractivity contribution in [2.75, 3.05) is 0 Å². The molecule has 3 aromatic heterocycles. The molecule has 0 spiro atoms. The summed E-state index contributed by atoms with van der Waals surface area (Å²) in [4.78, 5) is 34.0. The van der Waals surface area contributed by atoms with E-state index >= 15 is 0 Å². The van der Waals surface area contributed by atoms with Gasteiger partial charge in [0.05, 0.1) is 6.57 Å². The molecule has 0 unspecified atom stereocenters. The summed E-state index contributed by atoms with van der Waals surface area (Å²) >= 11 is 1.70. The van der Waals surface area contributed by atoms with Crippen LogP contribution in [0.5, 0.6) is 0 Å². The lowest BCUT2D eigenvalue weighted by Crippen LogP contribution is -2.00. The Morgan fingerprint density at radius 1 is 0.351 bits per heavy atom. The Hall–Kier alpha value is -7.73. The minimum absolute atomic E-state index is 0.565. The molecule has 7 nitrogen and oxygen atoms in total. The highest BCUT2D eigenvalue weighted by molar-refractivity contribution is 7.26. The Labute approximate surface area is 332 Å². The molecule has 0 N–H and O–H groups in total. The molecule has 8 heteroatoms. The van der Waals surface area contributed by atoms with Crippen LogP contribution in [0.4, 0.5) is 5.69 Å². The Kier molecular flexibility index (Phi) is 8.60. The summed E-state index contributed by atoms with van der Waals surface area (Å²) in [6.07, 6.45) is 0. The average Bonchev–Trinajstić information content (AvgIpc) is 3.69. The second-order valence-corrected chi connectivity index (χ2v) is 14.4. The standard InChI is InChI=1S/C49H29N7S/c1-50-40-25-12-11-21-36(40)31-27-29-35(30-28-31)47-52-46(34-19-9-4-10-20-34)55-49(56-47)39-24-13-22-37-42-38(23-14-26-41(42)57-43(37)39)48-53-44(32-15-5-2-6-16-32)51-45(54-48)33-17-7-3-8-18-33/h2-30H. The van der Waals surface area contributed by atoms with Gasteiger partial charge in [-0.3, -0.25) is 0 Å². The smallest absolute Gasteiger partial charge is 0.194 e. The second-order valence-electron chi connectivity index (χ2n) is 13.4. The van der Waals surface area contributed by atoms with Crippen molar-refractivity contribution in [3.05, 3.63) is 187 Å². The molecule has 0 saturated carbocycles. The van der Waals surface area contributed by atoms with Crippen LogP contribution in [0.15, 0.2) is 176 Å². The molecular formula is C49H29N7S. The molecule has 0 atom stereocenters. The average molecular weight is 748 g/mol. The summed E-state index contributed by atoms with van der Waals surface area (Å²) in [5.74, 6) is 3.57. The molecule has 57 heavy (non-hydrogen) atoms. The molecule has 3 heterocycles. The van der Waals surface area contributed by atoms with Crippen LogP contribution < -0.4 is 0 Å². The maximum Gasteiger partial charge on any atom is 0.194 e. The Balaban J connectivity index is 1.14.